The molecule has 1 aromatic carbocycles. The fourth-order valence-corrected chi connectivity index (χ4v) is 2.75. The van der Waals surface area contributed by atoms with Crippen molar-refractivity contribution in [2.75, 3.05) is 7.05 Å². The Kier molecular flexibility index (Phi) is 5.50. The fourth-order valence-electron chi connectivity index (χ4n) is 1.88. The van der Waals surface area contributed by atoms with Crippen LogP contribution in [0.5, 0.6) is 0 Å². The van der Waals surface area contributed by atoms with Gasteiger partial charge in [-0.15, -0.1) is 11.3 Å². The van der Waals surface area contributed by atoms with Crippen molar-refractivity contribution >= 4 is 17.3 Å². The smallest absolute Gasteiger partial charge is 0.191 e. The molecule has 0 fully saturated rings. The summed E-state index contributed by atoms with van der Waals surface area (Å²) in [6, 6.07) is 9.61. The number of aromatic nitrogens is 1. The Morgan fingerprint density at radius 2 is 1.91 bits per heavy atom. The number of nitrogens with one attached hydrogen (secondary N) is 2. The maximum absolute atomic E-state index is 8.78. The second-order valence-corrected chi connectivity index (χ2v) is 6.12. The molecule has 0 aliphatic rings. The first kappa shape index (κ1) is 16.0. The second kappa shape index (κ2) is 7.57. The van der Waals surface area contributed by atoms with Gasteiger partial charge in [-0.2, -0.15) is 5.26 Å². The maximum Gasteiger partial charge on any atom is 0.191 e. The van der Waals surface area contributed by atoms with E-state index < -0.39 is 0 Å². The van der Waals surface area contributed by atoms with Gasteiger partial charge < -0.3 is 10.6 Å². The second-order valence-electron chi connectivity index (χ2n) is 4.84. The lowest BCUT2D eigenvalue weighted by Crippen LogP contribution is -2.36. The Balaban J connectivity index is 1.85. The molecule has 0 aliphatic carbocycles. The number of rotatable bonds is 4. The first-order chi connectivity index (χ1) is 10.6. The highest BCUT2D eigenvalue weighted by Crippen LogP contribution is 2.15. The van der Waals surface area contributed by atoms with E-state index in [0.717, 1.165) is 22.2 Å². The minimum absolute atomic E-state index is 0.654. The van der Waals surface area contributed by atoms with Crippen molar-refractivity contribution in [3.8, 4) is 6.07 Å². The summed E-state index contributed by atoms with van der Waals surface area (Å²) in [5, 5.41) is 16.3. The fraction of sp³-hybridized carbons (Fsp3) is 0.312. The number of thiazole rings is 1. The number of benzene rings is 1. The average Bonchev–Trinajstić information content (AvgIpc) is 2.86. The number of guanidine groups is 1. The Morgan fingerprint density at radius 1 is 1.23 bits per heavy atom. The van der Waals surface area contributed by atoms with Crippen LogP contribution in [0.4, 0.5) is 0 Å². The lowest BCUT2D eigenvalue weighted by atomic mass is 10.1. The summed E-state index contributed by atoms with van der Waals surface area (Å²) >= 11 is 1.70. The normalized spacial score (nSPS) is 11.1. The van der Waals surface area contributed by atoms with E-state index in [1.165, 1.54) is 4.88 Å². The Labute approximate surface area is 134 Å². The predicted octanol–water partition coefficient (Wildman–Crippen LogP) is 2.50. The molecule has 5 nitrogen and oxygen atoms in total. The van der Waals surface area contributed by atoms with Gasteiger partial charge in [-0.1, -0.05) is 12.1 Å². The number of nitrogens with zero attached hydrogens (tertiary/aromatic N) is 3. The lowest BCUT2D eigenvalue weighted by molar-refractivity contribution is 0.803. The third-order valence-electron chi connectivity index (χ3n) is 3.25. The molecule has 114 valence electrons. The molecule has 0 bridgehead atoms. The van der Waals surface area contributed by atoms with Crippen LogP contribution in [0.25, 0.3) is 0 Å². The standard InChI is InChI=1S/C16H19N5S/c1-11-12(2)22-15(21-11)10-20-16(18-3)19-9-14-6-4-13(8-17)5-7-14/h4-7H,9-10H2,1-3H3,(H2,18,19,20). The Bertz CT molecular complexity index is 675. The van der Waals surface area contributed by atoms with Crippen LogP contribution in [-0.2, 0) is 13.1 Å². The molecule has 2 rings (SSSR count). The summed E-state index contributed by atoms with van der Waals surface area (Å²) in [4.78, 5) is 9.94. The molecule has 1 heterocycles. The summed E-state index contributed by atoms with van der Waals surface area (Å²) < 4.78 is 0. The number of aliphatic imine (C=N–C) groups is 1. The van der Waals surface area contributed by atoms with Crippen LogP contribution in [0.15, 0.2) is 29.3 Å². The van der Waals surface area contributed by atoms with E-state index in [-0.39, 0.29) is 0 Å². The Hall–Kier alpha value is -2.39. The van der Waals surface area contributed by atoms with Crippen molar-refractivity contribution in [3.63, 3.8) is 0 Å². The van der Waals surface area contributed by atoms with Crippen LogP contribution in [0, 0.1) is 25.2 Å². The topological polar surface area (TPSA) is 73.1 Å². The van der Waals surface area contributed by atoms with Crippen molar-refractivity contribution in [1.82, 2.24) is 15.6 Å². The van der Waals surface area contributed by atoms with E-state index in [4.69, 9.17) is 5.26 Å². The summed E-state index contributed by atoms with van der Waals surface area (Å²) in [5.74, 6) is 0.731. The van der Waals surface area contributed by atoms with Gasteiger partial charge >= 0.3 is 0 Å². The molecule has 0 saturated carbocycles. The summed E-state index contributed by atoms with van der Waals surface area (Å²) in [6.45, 7) is 5.41. The van der Waals surface area contributed by atoms with Crippen molar-refractivity contribution < 1.29 is 0 Å². The van der Waals surface area contributed by atoms with Crippen molar-refractivity contribution in [2.45, 2.75) is 26.9 Å². The molecule has 0 saturated heterocycles. The molecule has 0 aliphatic heterocycles. The van der Waals surface area contributed by atoms with Gasteiger partial charge in [-0.3, -0.25) is 4.99 Å². The number of nitriles is 1. The zero-order valence-corrected chi connectivity index (χ0v) is 13.8. The minimum Gasteiger partial charge on any atom is -0.352 e. The largest absolute Gasteiger partial charge is 0.352 e. The molecule has 0 amide bonds. The Morgan fingerprint density at radius 3 is 2.45 bits per heavy atom. The molecule has 0 radical (unpaired) electrons. The van der Waals surface area contributed by atoms with Gasteiger partial charge in [0.25, 0.3) is 0 Å². The van der Waals surface area contributed by atoms with E-state index in [9.17, 15) is 0 Å². The average molecular weight is 313 g/mol. The highest BCUT2D eigenvalue weighted by Gasteiger charge is 2.04. The minimum atomic E-state index is 0.654. The lowest BCUT2D eigenvalue weighted by Gasteiger charge is -2.11. The van der Waals surface area contributed by atoms with Gasteiger partial charge in [-0.25, -0.2) is 4.98 Å². The summed E-state index contributed by atoms with van der Waals surface area (Å²) in [5.41, 5.74) is 2.85. The quantitative estimate of drug-likeness (QED) is 0.672. The van der Waals surface area contributed by atoms with Crippen molar-refractivity contribution in [3.05, 3.63) is 51.0 Å². The van der Waals surface area contributed by atoms with Crippen LogP contribution in [0.3, 0.4) is 0 Å². The zero-order chi connectivity index (χ0) is 15.9. The molecule has 22 heavy (non-hydrogen) atoms. The van der Waals surface area contributed by atoms with E-state index in [1.807, 2.05) is 31.2 Å². The van der Waals surface area contributed by atoms with Gasteiger partial charge in [-0.05, 0) is 31.5 Å². The number of aryl methyl sites for hydroxylation is 2. The van der Waals surface area contributed by atoms with Crippen molar-refractivity contribution in [1.29, 1.82) is 5.26 Å². The zero-order valence-electron chi connectivity index (χ0n) is 13.0. The van der Waals surface area contributed by atoms with Crippen LogP contribution < -0.4 is 10.6 Å². The summed E-state index contributed by atoms with van der Waals surface area (Å²) in [7, 11) is 1.74. The maximum atomic E-state index is 8.78. The van der Waals surface area contributed by atoms with Gasteiger partial charge in [0.2, 0.25) is 0 Å². The molecule has 0 unspecified atom stereocenters. The number of hydrogen-bond acceptors (Lipinski definition) is 4. The monoisotopic (exact) mass is 313 g/mol. The molecule has 6 heteroatoms. The number of hydrogen-bond donors (Lipinski definition) is 2. The molecular formula is C16H19N5S. The van der Waals surface area contributed by atoms with Crippen LogP contribution in [0.2, 0.25) is 0 Å². The van der Waals surface area contributed by atoms with Gasteiger partial charge in [0.1, 0.15) is 5.01 Å². The van der Waals surface area contributed by atoms with E-state index in [0.29, 0.717) is 18.7 Å². The molecule has 2 N–H and O–H groups in total. The van der Waals surface area contributed by atoms with Gasteiger partial charge in [0.05, 0.1) is 23.9 Å². The van der Waals surface area contributed by atoms with Crippen LogP contribution >= 0.6 is 11.3 Å². The molecule has 0 spiro atoms. The molecule has 2 aromatic rings. The van der Waals surface area contributed by atoms with E-state index >= 15 is 0 Å². The molecular weight excluding hydrogens is 294 g/mol. The SMILES string of the molecule is CN=C(NCc1ccc(C#N)cc1)NCc1nc(C)c(C)s1. The van der Waals surface area contributed by atoms with E-state index in [1.54, 1.807) is 18.4 Å². The molecule has 0 atom stereocenters. The first-order valence-corrected chi connectivity index (χ1v) is 7.80. The van der Waals surface area contributed by atoms with Gasteiger partial charge in [0, 0.05) is 18.5 Å². The summed E-state index contributed by atoms with van der Waals surface area (Å²) in [6.07, 6.45) is 0. The van der Waals surface area contributed by atoms with Crippen LogP contribution in [-0.4, -0.2) is 18.0 Å². The van der Waals surface area contributed by atoms with Crippen molar-refractivity contribution in [2.24, 2.45) is 4.99 Å². The third kappa shape index (κ3) is 4.30. The third-order valence-corrected chi connectivity index (χ3v) is 4.32. The molecule has 1 aromatic heterocycles. The predicted molar refractivity (Wildman–Crippen MR) is 89.8 cm³/mol. The highest BCUT2D eigenvalue weighted by atomic mass is 32.1. The van der Waals surface area contributed by atoms with E-state index in [2.05, 4.69) is 33.6 Å². The first-order valence-electron chi connectivity index (χ1n) is 6.99. The van der Waals surface area contributed by atoms with Crippen LogP contribution in [0.1, 0.15) is 26.7 Å². The van der Waals surface area contributed by atoms with Gasteiger partial charge in [0.15, 0.2) is 5.96 Å². The highest BCUT2D eigenvalue weighted by molar-refractivity contribution is 7.11.